The molecule has 1 saturated carbocycles. The van der Waals surface area contributed by atoms with Crippen LogP contribution in [0.1, 0.15) is 78.0 Å². The van der Waals surface area contributed by atoms with Crippen molar-refractivity contribution in [2.75, 3.05) is 0 Å². The fourth-order valence-electron chi connectivity index (χ4n) is 3.25. The summed E-state index contributed by atoms with van der Waals surface area (Å²) < 4.78 is 0. The number of hydrogen-bond donors (Lipinski definition) is 0. The Hall–Kier alpha value is -2.12. The van der Waals surface area contributed by atoms with Crippen LogP contribution >= 0.6 is 0 Å². The molecule has 0 radical (unpaired) electrons. The topological polar surface area (TPSA) is 134 Å². The second kappa shape index (κ2) is 26.5. The van der Waals surface area contributed by atoms with Gasteiger partial charge in [-0.25, -0.2) is 4.79 Å². The number of nitrogens with zero attached hydrogens (tertiary/aromatic N) is 1. The Morgan fingerprint density at radius 1 is 1.17 bits per heavy atom. The average molecular weight is 669 g/mol. The van der Waals surface area contributed by atoms with Crippen molar-refractivity contribution in [1.82, 2.24) is 4.98 Å². The zero-order valence-corrected chi connectivity index (χ0v) is 24.6. The van der Waals surface area contributed by atoms with Crippen molar-refractivity contribution in [2.24, 2.45) is 5.92 Å². The van der Waals surface area contributed by atoms with Gasteiger partial charge in [0.25, 0.3) is 0 Å². The molecule has 0 aromatic carbocycles. The van der Waals surface area contributed by atoms with Gasteiger partial charge in [-0.05, 0) is 31.6 Å². The molecular formula is C28H45N2O4Pt-3. The Kier molecular flexibility index (Phi) is 35.0. The molecule has 1 aromatic rings. The van der Waals surface area contributed by atoms with E-state index in [1.807, 2.05) is 13.8 Å². The molecule has 35 heavy (non-hydrogen) atoms. The summed E-state index contributed by atoms with van der Waals surface area (Å²) in [6.07, 6.45) is 19.4. The first-order valence-corrected chi connectivity index (χ1v) is 10.6. The molecule has 2 aliphatic carbocycles. The minimum Gasteiger partial charge on any atom is -0.674 e. The molecule has 0 bridgehead atoms. The summed E-state index contributed by atoms with van der Waals surface area (Å²) in [5.41, 5.74) is 10.1. The van der Waals surface area contributed by atoms with Crippen LogP contribution in [0, 0.1) is 33.6 Å². The quantitative estimate of drug-likeness (QED) is 0.163. The molecule has 0 amide bonds. The number of rotatable bonds is 1. The summed E-state index contributed by atoms with van der Waals surface area (Å²) in [6, 6.07) is 3.68. The number of hydrogen-bond acceptors (Lipinski definition) is 3. The van der Waals surface area contributed by atoms with Crippen molar-refractivity contribution in [3.05, 3.63) is 67.9 Å². The summed E-state index contributed by atoms with van der Waals surface area (Å²) in [6.45, 7) is 10.1. The van der Waals surface area contributed by atoms with Gasteiger partial charge in [0.1, 0.15) is 11.5 Å². The van der Waals surface area contributed by atoms with Crippen molar-refractivity contribution in [2.45, 2.75) is 72.8 Å². The third-order valence-corrected chi connectivity index (χ3v) is 4.85. The van der Waals surface area contributed by atoms with Gasteiger partial charge in [0.15, 0.2) is 0 Å². The SMILES string of the molecule is C#C.C/C=C\C1=C(C)c2ncccc2C(=C=O)C1=O.CC1CCCCC1[NH-].CCC.O.O.[CH3-].[CH3-].[Pt]. The van der Waals surface area contributed by atoms with Gasteiger partial charge in [0.05, 0.1) is 5.69 Å². The van der Waals surface area contributed by atoms with Crippen molar-refractivity contribution < 1.29 is 41.6 Å². The maximum atomic E-state index is 12.1. The summed E-state index contributed by atoms with van der Waals surface area (Å²) in [5, 5.41) is 0. The third-order valence-electron chi connectivity index (χ3n) is 4.85. The largest absolute Gasteiger partial charge is 0.674 e. The van der Waals surface area contributed by atoms with Crippen LogP contribution in [-0.4, -0.2) is 33.7 Å². The van der Waals surface area contributed by atoms with Crippen molar-refractivity contribution in [3.63, 3.8) is 0 Å². The second-order valence-corrected chi connectivity index (χ2v) is 7.32. The van der Waals surface area contributed by atoms with Crippen LogP contribution in [-0.2, 0) is 30.7 Å². The molecule has 1 heterocycles. The number of Topliss-reactive ketones (excluding diaryl/α,β-unsaturated/α-hetero) is 1. The van der Waals surface area contributed by atoms with E-state index in [-0.39, 0.29) is 64.3 Å². The number of nitrogens with one attached hydrogen (secondary N) is 1. The smallest absolute Gasteiger partial charge is 0.205 e. The van der Waals surface area contributed by atoms with E-state index in [0.717, 1.165) is 12.0 Å². The minimum absolute atomic E-state index is 0. The van der Waals surface area contributed by atoms with Gasteiger partial charge in [-0.1, -0.05) is 70.9 Å². The first-order valence-electron chi connectivity index (χ1n) is 10.6. The molecule has 7 heteroatoms. The molecule has 204 valence electrons. The van der Waals surface area contributed by atoms with Crippen molar-refractivity contribution >= 4 is 22.9 Å². The van der Waals surface area contributed by atoms with E-state index in [4.69, 9.17) is 5.73 Å². The molecule has 1 fully saturated rings. The molecule has 6 nitrogen and oxygen atoms in total. The summed E-state index contributed by atoms with van der Waals surface area (Å²) >= 11 is 0. The van der Waals surface area contributed by atoms with Crippen molar-refractivity contribution in [1.29, 1.82) is 0 Å². The van der Waals surface area contributed by atoms with E-state index in [0.29, 0.717) is 22.7 Å². The fraction of sp³-hybridized carbons (Fsp3) is 0.429. The molecule has 1 aromatic heterocycles. The van der Waals surface area contributed by atoms with Gasteiger partial charge >= 0.3 is 0 Å². The van der Waals surface area contributed by atoms with Gasteiger partial charge in [-0.3, -0.25) is 9.78 Å². The van der Waals surface area contributed by atoms with Gasteiger partial charge in [0.2, 0.25) is 5.78 Å². The third kappa shape index (κ3) is 14.1. The molecule has 0 aliphatic heterocycles. The number of carbonyl (C=O) groups is 1. The first kappa shape index (κ1) is 46.2. The van der Waals surface area contributed by atoms with Gasteiger partial charge in [0, 0.05) is 38.4 Å². The van der Waals surface area contributed by atoms with Crippen LogP contribution < -0.4 is 0 Å². The number of ketones is 1. The number of terminal acetylenes is 1. The molecule has 2 unspecified atom stereocenters. The summed E-state index contributed by atoms with van der Waals surface area (Å²) in [7, 11) is 0. The monoisotopic (exact) mass is 668 g/mol. The molecule has 0 spiro atoms. The average Bonchev–Trinajstić information content (AvgIpc) is 2.76. The van der Waals surface area contributed by atoms with E-state index in [2.05, 4.69) is 38.6 Å². The zero-order valence-electron chi connectivity index (χ0n) is 22.3. The maximum Gasteiger partial charge on any atom is 0.205 e. The number of aromatic nitrogens is 1. The Morgan fingerprint density at radius 3 is 2.09 bits per heavy atom. The minimum atomic E-state index is -0.281. The van der Waals surface area contributed by atoms with Crippen molar-refractivity contribution in [3.8, 4) is 12.8 Å². The van der Waals surface area contributed by atoms with Crippen LogP contribution in [0.25, 0.3) is 16.9 Å². The van der Waals surface area contributed by atoms with E-state index < -0.39 is 0 Å². The predicted molar refractivity (Wildman–Crippen MR) is 147 cm³/mol. The Bertz CT molecular complexity index is 815. The first-order chi connectivity index (χ1) is 14.4. The van der Waals surface area contributed by atoms with Crippen LogP contribution in [0.15, 0.2) is 36.1 Å². The summed E-state index contributed by atoms with van der Waals surface area (Å²) in [4.78, 5) is 27.2. The number of carbonyl (C=O) groups excluding carboxylic acids is 2. The van der Waals surface area contributed by atoms with Crippen LogP contribution in [0.3, 0.4) is 0 Å². The fourth-order valence-corrected chi connectivity index (χ4v) is 3.25. The van der Waals surface area contributed by atoms with E-state index in [9.17, 15) is 9.59 Å². The van der Waals surface area contributed by atoms with Gasteiger partial charge in [-0.15, -0.1) is 18.9 Å². The number of allylic oxidation sites excluding steroid dienone is 5. The van der Waals surface area contributed by atoms with Gasteiger partial charge < -0.3 is 31.5 Å². The zero-order chi connectivity index (χ0) is 23.1. The van der Waals surface area contributed by atoms with E-state index in [1.165, 1.54) is 25.7 Å². The Morgan fingerprint density at radius 2 is 1.69 bits per heavy atom. The second-order valence-electron chi connectivity index (χ2n) is 7.32. The molecule has 2 atom stereocenters. The maximum absolute atomic E-state index is 12.1. The molecule has 5 N–H and O–H groups in total. The normalized spacial score (nSPS) is 17.0. The summed E-state index contributed by atoms with van der Waals surface area (Å²) in [5.74, 6) is 2.12. The molecule has 0 saturated heterocycles. The predicted octanol–water partition coefficient (Wildman–Crippen LogP) is 5.76. The van der Waals surface area contributed by atoms with Crippen LogP contribution in [0.4, 0.5) is 0 Å². The Labute approximate surface area is 228 Å². The standard InChI is InChI=1S/C14H11NO2.C7H14N.C3H8.C2H2.2CH3.2H2O.Pt/c1-3-5-10-9(2)13-11(6-4-7-15-13)12(8-16)14(10)17;1-6-4-2-3-5-7(6)8;1-3-2;1-2;;;;;/h3-7H,1-2H3;6-8H,2-5H2,1H3;3H2,1-2H3;1-2H;2*1H3;2*1H2;/q;-1;;;2*-1;;;/b5-3-;;;;;;;;. The van der Waals surface area contributed by atoms with E-state index >= 15 is 0 Å². The van der Waals surface area contributed by atoms with Gasteiger partial charge in [-0.2, -0.15) is 0 Å². The van der Waals surface area contributed by atoms with E-state index in [1.54, 1.807) is 36.4 Å². The molecule has 3 rings (SSSR count). The number of pyridine rings is 1. The van der Waals surface area contributed by atoms with Crippen LogP contribution in [0.5, 0.6) is 0 Å². The number of fused-ring (bicyclic) bond motifs is 1. The Balaban J connectivity index is -0.000000101. The molecular weight excluding hydrogens is 623 g/mol. The molecule has 2 aliphatic rings. The van der Waals surface area contributed by atoms with Crippen LogP contribution in [0.2, 0.25) is 0 Å².